The molecule has 3 aromatic heterocycles. The molecule has 0 saturated carbocycles. The van der Waals surface area contributed by atoms with Gasteiger partial charge in [-0.3, -0.25) is 9.30 Å². The Morgan fingerprint density at radius 2 is 1.97 bits per heavy atom. The molecule has 0 aliphatic carbocycles. The van der Waals surface area contributed by atoms with E-state index in [0.29, 0.717) is 37.1 Å². The number of ether oxygens (including phenoxy) is 2. The minimum atomic E-state index is -4.17. The van der Waals surface area contributed by atoms with Gasteiger partial charge in [-0.1, -0.05) is 0 Å². The zero-order valence-electron chi connectivity index (χ0n) is 18.5. The second-order valence-electron chi connectivity index (χ2n) is 8.52. The fourth-order valence-electron chi connectivity index (χ4n) is 4.25. The number of anilines is 1. The lowest BCUT2D eigenvalue weighted by atomic mass is 10.1. The molecule has 2 aliphatic heterocycles. The maximum Gasteiger partial charge on any atom is 0.390 e. The van der Waals surface area contributed by atoms with E-state index in [1.54, 1.807) is 11.1 Å². The molecule has 0 spiro atoms. The third-order valence-electron chi connectivity index (χ3n) is 6.09. The van der Waals surface area contributed by atoms with Crippen LogP contribution in [0.5, 0.6) is 0 Å². The molecule has 1 atom stereocenters. The molecular weight excluding hydrogens is 451 g/mol. The van der Waals surface area contributed by atoms with Gasteiger partial charge in [0.25, 0.3) is 0 Å². The lowest BCUT2D eigenvalue weighted by Crippen LogP contribution is -2.40. The van der Waals surface area contributed by atoms with E-state index in [2.05, 4.69) is 25.5 Å². The summed E-state index contributed by atoms with van der Waals surface area (Å²) in [5, 5.41) is 11.9. The monoisotopic (exact) mass is 477 g/mol. The summed E-state index contributed by atoms with van der Waals surface area (Å²) in [6.07, 6.45) is -0.0727. The number of nitrogens with one attached hydrogen (secondary N) is 1. The molecule has 182 valence electrons. The highest BCUT2D eigenvalue weighted by Crippen LogP contribution is 2.26. The first-order valence-corrected chi connectivity index (χ1v) is 11.4. The minimum Gasteiger partial charge on any atom is -0.381 e. The van der Waals surface area contributed by atoms with Crippen LogP contribution in [0.25, 0.3) is 16.9 Å². The van der Waals surface area contributed by atoms with Crippen LogP contribution in [0.2, 0.25) is 0 Å². The average molecular weight is 477 g/mol. The Morgan fingerprint density at radius 1 is 1.12 bits per heavy atom. The first-order valence-electron chi connectivity index (χ1n) is 11.4. The Bertz CT molecular complexity index is 1120. The fraction of sp³-hybridized carbons (Fsp3) is 0.545. The highest BCUT2D eigenvalue weighted by Gasteiger charge is 2.31. The lowest BCUT2D eigenvalue weighted by Gasteiger charge is -2.32. The summed E-state index contributed by atoms with van der Waals surface area (Å²) >= 11 is 0. The molecule has 2 fully saturated rings. The van der Waals surface area contributed by atoms with Gasteiger partial charge in [-0.2, -0.15) is 13.2 Å². The van der Waals surface area contributed by atoms with Crippen molar-refractivity contribution in [1.29, 1.82) is 0 Å². The highest BCUT2D eigenvalue weighted by atomic mass is 19.4. The molecule has 34 heavy (non-hydrogen) atoms. The van der Waals surface area contributed by atoms with Crippen molar-refractivity contribution in [2.45, 2.75) is 37.6 Å². The van der Waals surface area contributed by atoms with E-state index in [1.165, 1.54) is 0 Å². The number of halogens is 3. The van der Waals surface area contributed by atoms with Crippen molar-refractivity contribution in [1.82, 2.24) is 29.5 Å². The Labute approximate surface area is 194 Å². The number of rotatable bonds is 6. The minimum absolute atomic E-state index is 0.0534. The number of fused-ring (bicyclic) bond motifs is 1. The van der Waals surface area contributed by atoms with Gasteiger partial charge in [0.1, 0.15) is 6.10 Å². The van der Waals surface area contributed by atoms with E-state index in [4.69, 9.17) is 9.47 Å². The van der Waals surface area contributed by atoms with Crippen LogP contribution in [0.1, 0.15) is 31.2 Å². The van der Waals surface area contributed by atoms with Crippen molar-refractivity contribution in [3.05, 3.63) is 36.4 Å². The zero-order valence-corrected chi connectivity index (χ0v) is 18.5. The van der Waals surface area contributed by atoms with Crippen LogP contribution in [0.15, 0.2) is 30.6 Å². The number of aromatic nitrogens is 5. The summed E-state index contributed by atoms with van der Waals surface area (Å²) in [4.78, 5) is 10.7. The Kier molecular flexibility index (Phi) is 6.61. The van der Waals surface area contributed by atoms with Crippen LogP contribution in [0, 0.1) is 0 Å². The van der Waals surface area contributed by atoms with Crippen molar-refractivity contribution in [2.75, 3.05) is 44.8 Å². The molecule has 9 nitrogen and oxygen atoms in total. The number of morpholine rings is 1. The van der Waals surface area contributed by atoms with Gasteiger partial charge in [0.2, 0.25) is 5.95 Å². The van der Waals surface area contributed by atoms with E-state index in [9.17, 15) is 13.2 Å². The smallest absolute Gasteiger partial charge is 0.381 e. The summed E-state index contributed by atoms with van der Waals surface area (Å²) in [6, 6.07) is 5.91. The summed E-state index contributed by atoms with van der Waals surface area (Å²) < 4.78 is 50.8. The van der Waals surface area contributed by atoms with E-state index >= 15 is 0 Å². The third kappa shape index (κ3) is 5.45. The molecule has 5 heterocycles. The van der Waals surface area contributed by atoms with Crippen LogP contribution >= 0.6 is 0 Å². The largest absolute Gasteiger partial charge is 0.390 e. The van der Waals surface area contributed by atoms with Crippen molar-refractivity contribution in [3.63, 3.8) is 0 Å². The number of alkyl halides is 3. The molecule has 2 saturated heterocycles. The molecule has 3 aromatic rings. The summed E-state index contributed by atoms with van der Waals surface area (Å²) in [5.74, 6) is 1.14. The molecular formula is C22H26F3N7O2. The van der Waals surface area contributed by atoms with Gasteiger partial charge in [0, 0.05) is 56.8 Å². The van der Waals surface area contributed by atoms with Gasteiger partial charge in [0.05, 0.1) is 18.7 Å². The lowest BCUT2D eigenvalue weighted by molar-refractivity contribution is -0.142. The van der Waals surface area contributed by atoms with Gasteiger partial charge in [-0.25, -0.2) is 9.97 Å². The maximum absolute atomic E-state index is 12.6. The molecule has 0 amide bonds. The first kappa shape index (κ1) is 22.9. The second-order valence-corrected chi connectivity index (χ2v) is 8.52. The molecule has 12 heteroatoms. The summed E-state index contributed by atoms with van der Waals surface area (Å²) in [5.41, 5.74) is 2.23. The van der Waals surface area contributed by atoms with Gasteiger partial charge >= 0.3 is 6.18 Å². The Hall–Kier alpha value is -2.83. The average Bonchev–Trinajstić information content (AvgIpc) is 3.27. The van der Waals surface area contributed by atoms with E-state index in [1.807, 2.05) is 28.8 Å². The summed E-state index contributed by atoms with van der Waals surface area (Å²) in [7, 11) is 0. The van der Waals surface area contributed by atoms with Crippen molar-refractivity contribution in [3.8, 4) is 11.3 Å². The number of hydrogen-bond acceptors (Lipinski definition) is 8. The SMILES string of the molecule is FC(F)(F)CCN1CCOC(c2nnc3cc(-c4ccnc(NC5CCOCC5)n4)ccn23)C1. The van der Waals surface area contributed by atoms with Crippen LogP contribution in [0.3, 0.4) is 0 Å². The molecule has 0 bridgehead atoms. The molecule has 1 unspecified atom stereocenters. The number of pyridine rings is 1. The third-order valence-corrected chi connectivity index (χ3v) is 6.09. The molecule has 2 aliphatic rings. The van der Waals surface area contributed by atoms with E-state index in [-0.39, 0.29) is 12.6 Å². The predicted molar refractivity (Wildman–Crippen MR) is 117 cm³/mol. The van der Waals surface area contributed by atoms with Crippen LogP contribution in [0.4, 0.5) is 19.1 Å². The fourth-order valence-corrected chi connectivity index (χ4v) is 4.25. The van der Waals surface area contributed by atoms with Crippen LogP contribution in [-0.4, -0.2) is 81.1 Å². The Morgan fingerprint density at radius 3 is 2.79 bits per heavy atom. The van der Waals surface area contributed by atoms with Gasteiger partial charge < -0.3 is 14.8 Å². The van der Waals surface area contributed by atoms with Crippen LogP contribution < -0.4 is 5.32 Å². The predicted octanol–water partition coefficient (Wildman–Crippen LogP) is 3.10. The molecule has 1 N–H and O–H groups in total. The zero-order chi connectivity index (χ0) is 23.5. The van der Waals surface area contributed by atoms with Gasteiger partial charge in [-0.15, -0.1) is 10.2 Å². The highest BCUT2D eigenvalue weighted by molar-refractivity contribution is 5.64. The second kappa shape index (κ2) is 9.80. The van der Waals surface area contributed by atoms with Gasteiger partial charge in [-0.05, 0) is 31.0 Å². The van der Waals surface area contributed by atoms with Gasteiger partial charge in [0.15, 0.2) is 11.5 Å². The molecule has 0 radical (unpaired) electrons. The quantitative estimate of drug-likeness (QED) is 0.580. The van der Waals surface area contributed by atoms with E-state index in [0.717, 1.165) is 37.3 Å². The maximum atomic E-state index is 12.6. The number of hydrogen-bond donors (Lipinski definition) is 1. The standard InChI is InChI=1S/C22H26F3N7O2/c23-22(24,25)5-8-31-9-12-34-18(14-31)20-30-29-19-13-15(2-7-32(19)20)17-1-6-26-21(28-17)27-16-3-10-33-11-4-16/h1-2,6-7,13,16,18H,3-5,8-12,14H2,(H,26,27,28). The molecule has 5 rings (SSSR count). The topological polar surface area (TPSA) is 89.7 Å². The van der Waals surface area contributed by atoms with Crippen molar-refractivity contribution < 1.29 is 22.6 Å². The summed E-state index contributed by atoms with van der Waals surface area (Å²) in [6.45, 7) is 2.56. The Balaban J connectivity index is 1.30. The van der Waals surface area contributed by atoms with Crippen LogP contribution in [-0.2, 0) is 9.47 Å². The number of nitrogens with zero attached hydrogens (tertiary/aromatic N) is 6. The first-order chi connectivity index (χ1) is 16.4. The molecule has 0 aromatic carbocycles. The van der Waals surface area contributed by atoms with Crippen molar-refractivity contribution >= 4 is 11.6 Å². The van der Waals surface area contributed by atoms with E-state index < -0.39 is 18.7 Å². The van der Waals surface area contributed by atoms with Crippen molar-refractivity contribution in [2.24, 2.45) is 0 Å². The normalized spacial score (nSPS) is 20.6.